The molecule has 0 saturated carbocycles. The fourth-order valence-electron chi connectivity index (χ4n) is 3.93. The van der Waals surface area contributed by atoms with Crippen molar-refractivity contribution in [3.05, 3.63) is 30.1 Å². The molecule has 3 heterocycles. The quantitative estimate of drug-likeness (QED) is 0.886. The van der Waals surface area contributed by atoms with Gasteiger partial charge in [0.2, 0.25) is 0 Å². The number of morpholine rings is 1. The van der Waals surface area contributed by atoms with Crippen LogP contribution in [0.2, 0.25) is 0 Å². The summed E-state index contributed by atoms with van der Waals surface area (Å²) in [6, 6.07) is 5.38. The van der Waals surface area contributed by atoms with E-state index in [4.69, 9.17) is 4.74 Å². The Morgan fingerprint density at radius 3 is 2.54 bits per heavy atom. The number of hydrogen-bond acceptors (Lipinski definition) is 5. The van der Waals surface area contributed by atoms with Crippen molar-refractivity contribution >= 4 is 5.91 Å². The van der Waals surface area contributed by atoms with E-state index < -0.39 is 0 Å². The monoisotopic (exact) mass is 333 g/mol. The number of aliphatic hydroxyl groups excluding tert-OH is 1. The minimum atomic E-state index is -0.0414. The molecule has 1 N–H and O–H groups in total. The van der Waals surface area contributed by atoms with Crippen LogP contribution in [0.25, 0.3) is 0 Å². The van der Waals surface area contributed by atoms with Crippen LogP contribution in [0.3, 0.4) is 0 Å². The predicted molar refractivity (Wildman–Crippen MR) is 90.7 cm³/mol. The molecule has 1 amide bonds. The highest BCUT2D eigenvalue weighted by atomic mass is 16.5. The molecule has 0 aromatic carbocycles. The number of likely N-dealkylation sites (tertiary alicyclic amines) is 1. The van der Waals surface area contributed by atoms with E-state index >= 15 is 0 Å². The maximum atomic E-state index is 12.6. The first-order valence-corrected chi connectivity index (χ1v) is 8.75. The highest BCUT2D eigenvalue weighted by Gasteiger charge is 2.37. The molecule has 24 heavy (non-hydrogen) atoms. The van der Waals surface area contributed by atoms with Crippen molar-refractivity contribution < 1.29 is 14.6 Å². The molecule has 0 spiro atoms. The fraction of sp³-hybridized carbons (Fsp3) is 0.667. The van der Waals surface area contributed by atoms with E-state index in [1.165, 1.54) is 0 Å². The summed E-state index contributed by atoms with van der Waals surface area (Å²) in [6.45, 7) is 8.31. The van der Waals surface area contributed by atoms with Gasteiger partial charge in [-0.25, -0.2) is 0 Å². The predicted octanol–water partition coefficient (Wildman–Crippen LogP) is 0.871. The van der Waals surface area contributed by atoms with Crippen LogP contribution < -0.4 is 0 Å². The van der Waals surface area contributed by atoms with E-state index in [1.54, 1.807) is 18.3 Å². The van der Waals surface area contributed by atoms with Gasteiger partial charge in [-0.2, -0.15) is 0 Å². The van der Waals surface area contributed by atoms with Gasteiger partial charge in [0, 0.05) is 51.4 Å². The minimum absolute atomic E-state index is 0.0414. The van der Waals surface area contributed by atoms with E-state index in [1.807, 2.05) is 11.0 Å². The summed E-state index contributed by atoms with van der Waals surface area (Å²) in [5, 5.41) is 9.74. The Bertz CT molecular complexity index is 544. The molecule has 1 aromatic rings. The number of aromatic nitrogens is 1. The molecule has 2 aliphatic rings. The third-order valence-electron chi connectivity index (χ3n) is 4.97. The number of hydrogen-bond donors (Lipinski definition) is 1. The summed E-state index contributed by atoms with van der Waals surface area (Å²) >= 11 is 0. The van der Waals surface area contributed by atoms with Crippen LogP contribution in [-0.2, 0) is 4.74 Å². The van der Waals surface area contributed by atoms with Gasteiger partial charge in [0.15, 0.2) is 0 Å². The van der Waals surface area contributed by atoms with Crippen LogP contribution >= 0.6 is 0 Å². The molecule has 0 bridgehead atoms. The van der Waals surface area contributed by atoms with Gasteiger partial charge in [-0.05, 0) is 31.9 Å². The van der Waals surface area contributed by atoms with Gasteiger partial charge < -0.3 is 14.7 Å². The van der Waals surface area contributed by atoms with E-state index in [2.05, 4.69) is 23.7 Å². The molecular weight excluding hydrogens is 306 g/mol. The number of ether oxygens (including phenoxy) is 1. The van der Waals surface area contributed by atoms with Crippen molar-refractivity contribution in [2.45, 2.75) is 26.1 Å². The Balaban J connectivity index is 1.63. The van der Waals surface area contributed by atoms with Crippen LogP contribution in [0.15, 0.2) is 24.4 Å². The zero-order valence-corrected chi connectivity index (χ0v) is 14.5. The van der Waals surface area contributed by atoms with Crippen molar-refractivity contribution in [3.63, 3.8) is 0 Å². The SMILES string of the molecule is C[C@@H]1CN(C[C@H]2CN(C(=O)c3ccccn3)C[C@H]2CO)C[C@H](C)O1. The first-order valence-electron chi connectivity index (χ1n) is 8.75. The molecule has 6 heteroatoms. The average molecular weight is 333 g/mol. The zero-order chi connectivity index (χ0) is 17.1. The smallest absolute Gasteiger partial charge is 0.272 e. The lowest BCUT2D eigenvalue weighted by Gasteiger charge is -2.37. The summed E-state index contributed by atoms with van der Waals surface area (Å²) in [7, 11) is 0. The molecular formula is C18H27N3O3. The first-order chi connectivity index (χ1) is 11.6. The van der Waals surface area contributed by atoms with Crippen LogP contribution in [-0.4, -0.2) is 77.3 Å². The number of nitrogens with zero attached hydrogens (tertiary/aromatic N) is 3. The van der Waals surface area contributed by atoms with Crippen LogP contribution in [0, 0.1) is 11.8 Å². The largest absolute Gasteiger partial charge is 0.396 e. The fourth-order valence-corrected chi connectivity index (χ4v) is 3.93. The number of carbonyl (C=O) groups is 1. The number of pyridine rings is 1. The van der Waals surface area contributed by atoms with Crippen molar-refractivity contribution in [1.82, 2.24) is 14.8 Å². The third-order valence-corrected chi connectivity index (χ3v) is 4.97. The standard InChI is InChI=1S/C18H27N3O3/c1-13-7-20(8-14(2)24-13)9-15-10-21(11-16(15)12-22)18(23)17-5-3-4-6-19-17/h3-6,13-16,22H,7-12H2,1-2H3/t13-,14+,15-,16-/m0/s1. The number of aliphatic hydroxyl groups is 1. The van der Waals surface area contributed by atoms with Crippen molar-refractivity contribution in [2.75, 3.05) is 39.3 Å². The summed E-state index contributed by atoms with van der Waals surface area (Å²) in [5.74, 6) is 0.381. The summed E-state index contributed by atoms with van der Waals surface area (Å²) in [4.78, 5) is 21.0. The van der Waals surface area contributed by atoms with Gasteiger partial charge in [-0.15, -0.1) is 0 Å². The second-order valence-electron chi connectivity index (χ2n) is 7.10. The highest BCUT2D eigenvalue weighted by Crippen LogP contribution is 2.26. The lowest BCUT2D eigenvalue weighted by molar-refractivity contribution is -0.0726. The van der Waals surface area contributed by atoms with Crippen molar-refractivity contribution in [2.24, 2.45) is 11.8 Å². The molecule has 0 radical (unpaired) electrons. The van der Waals surface area contributed by atoms with Crippen molar-refractivity contribution in [1.29, 1.82) is 0 Å². The van der Waals surface area contributed by atoms with E-state index in [0.717, 1.165) is 19.6 Å². The number of carbonyl (C=O) groups excluding carboxylic acids is 1. The van der Waals surface area contributed by atoms with Crippen molar-refractivity contribution in [3.8, 4) is 0 Å². The minimum Gasteiger partial charge on any atom is -0.396 e. The maximum absolute atomic E-state index is 12.6. The molecule has 2 saturated heterocycles. The lowest BCUT2D eigenvalue weighted by atomic mass is 9.96. The lowest BCUT2D eigenvalue weighted by Crippen LogP contribution is -2.48. The molecule has 4 atom stereocenters. The first kappa shape index (κ1) is 17.3. The van der Waals surface area contributed by atoms with Gasteiger partial charge in [0.25, 0.3) is 5.91 Å². The summed E-state index contributed by atoms with van der Waals surface area (Å²) in [6.07, 6.45) is 2.10. The Labute approximate surface area is 143 Å². The summed E-state index contributed by atoms with van der Waals surface area (Å²) in [5.41, 5.74) is 0.475. The molecule has 6 nitrogen and oxygen atoms in total. The Morgan fingerprint density at radius 2 is 1.92 bits per heavy atom. The highest BCUT2D eigenvalue weighted by molar-refractivity contribution is 5.92. The Hall–Kier alpha value is -1.50. The third kappa shape index (κ3) is 3.94. The summed E-state index contributed by atoms with van der Waals surface area (Å²) < 4.78 is 5.79. The number of amides is 1. The number of rotatable bonds is 4. The maximum Gasteiger partial charge on any atom is 0.272 e. The van der Waals surface area contributed by atoms with E-state index in [-0.39, 0.29) is 30.6 Å². The molecule has 3 rings (SSSR count). The zero-order valence-electron chi connectivity index (χ0n) is 14.5. The molecule has 0 aliphatic carbocycles. The molecule has 2 fully saturated rings. The second-order valence-corrected chi connectivity index (χ2v) is 7.10. The van der Waals surface area contributed by atoms with Crippen LogP contribution in [0.4, 0.5) is 0 Å². The van der Waals surface area contributed by atoms with Crippen LogP contribution in [0.1, 0.15) is 24.3 Å². The van der Waals surface area contributed by atoms with E-state index in [9.17, 15) is 9.90 Å². The van der Waals surface area contributed by atoms with E-state index in [0.29, 0.717) is 24.7 Å². The topological polar surface area (TPSA) is 65.9 Å². The average Bonchev–Trinajstić information content (AvgIpc) is 2.97. The second kappa shape index (κ2) is 7.59. The van der Waals surface area contributed by atoms with Gasteiger partial charge in [0.1, 0.15) is 5.69 Å². The molecule has 0 unspecified atom stereocenters. The van der Waals surface area contributed by atoms with Gasteiger partial charge in [-0.1, -0.05) is 6.07 Å². The van der Waals surface area contributed by atoms with Gasteiger partial charge in [0.05, 0.1) is 12.2 Å². The normalized spacial score (nSPS) is 31.4. The molecule has 2 aliphatic heterocycles. The Kier molecular flexibility index (Phi) is 5.48. The molecule has 132 valence electrons. The Morgan fingerprint density at radius 1 is 1.21 bits per heavy atom. The van der Waals surface area contributed by atoms with Gasteiger partial charge >= 0.3 is 0 Å². The van der Waals surface area contributed by atoms with Crippen LogP contribution in [0.5, 0.6) is 0 Å². The van der Waals surface area contributed by atoms with Gasteiger partial charge in [-0.3, -0.25) is 14.7 Å². The molecule has 1 aromatic heterocycles.